The number of ether oxygens (including phenoxy) is 1. The van der Waals surface area contributed by atoms with Crippen LogP contribution in [-0.4, -0.2) is 19.8 Å². The fraction of sp³-hybridized carbons (Fsp3) is 0.538. The molecule has 1 aromatic carbocycles. The minimum Gasteiger partial charge on any atom is -0.380 e. The predicted octanol–water partition coefficient (Wildman–Crippen LogP) is 2.82. The third-order valence-electron chi connectivity index (χ3n) is 2.84. The lowest BCUT2D eigenvalue weighted by molar-refractivity contribution is 0.0833. The first-order valence-corrected chi connectivity index (χ1v) is 5.62. The Labute approximate surface area is 96.8 Å². The molecule has 1 rings (SSSR count). The lowest BCUT2D eigenvalue weighted by Gasteiger charge is -2.25. The normalized spacial score (nSPS) is 14.8. The zero-order valence-electron chi connectivity index (χ0n) is 10.4. The highest BCUT2D eigenvalue weighted by Crippen LogP contribution is 2.23. The summed E-state index contributed by atoms with van der Waals surface area (Å²) in [5.41, 5.74) is 2.05. The third-order valence-corrected chi connectivity index (χ3v) is 2.84. The minimum atomic E-state index is -0.202. The summed E-state index contributed by atoms with van der Waals surface area (Å²) in [5, 5.41) is 3.33. The average molecular weight is 225 g/mol. The van der Waals surface area contributed by atoms with Crippen LogP contribution in [0.1, 0.15) is 31.0 Å². The molecule has 1 N–H and O–H groups in total. The van der Waals surface area contributed by atoms with Gasteiger partial charge in [0, 0.05) is 7.11 Å². The molecule has 0 radical (unpaired) electrons. The van der Waals surface area contributed by atoms with E-state index < -0.39 is 0 Å². The molecule has 16 heavy (non-hydrogen) atoms. The second-order valence-corrected chi connectivity index (χ2v) is 3.98. The van der Waals surface area contributed by atoms with Gasteiger partial charge in [0.05, 0.1) is 12.1 Å². The number of benzene rings is 1. The van der Waals surface area contributed by atoms with Crippen LogP contribution >= 0.6 is 0 Å². The van der Waals surface area contributed by atoms with Crippen molar-refractivity contribution in [2.24, 2.45) is 0 Å². The Morgan fingerprint density at radius 2 is 2.12 bits per heavy atom. The van der Waals surface area contributed by atoms with Crippen LogP contribution in [0.5, 0.6) is 0 Å². The number of halogens is 1. The Hall–Kier alpha value is -0.930. The molecule has 2 unspecified atom stereocenters. The molecule has 2 nitrogen and oxygen atoms in total. The molecule has 1 aromatic rings. The van der Waals surface area contributed by atoms with Crippen molar-refractivity contribution in [3.63, 3.8) is 0 Å². The summed E-state index contributed by atoms with van der Waals surface area (Å²) in [6, 6.07) is 4.90. The Bertz CT molecular complexity index is 341. The Morgan fingerprint density at radius 1 is 1.44 bits per heavy atom. The van der Waals surface area contributed by atoms with Crippen LogP contribution in [0.25, 0.3) is 0 Å². The van der Waals surface area contributed by atoms with E-state index in [1.54, 1.807) is 19.2 Å². The van der Waals surface area contributed by atoms with E-state index in [9.17, 15) is 4.39 Å². The van der Waals surface area contributed by atoms with Crippen molar-refractivity contribution >= 4 is 0 Å². The quantitative estimate of drug-likeness (QED) is 0.832. The molecule has 0 aliphatic carbocycles. The second kappa shape index (κ2) is 5.97. The van der Waals surface area contributed by atoms with Gasteiger partial charge in [-0.1, -0.05) is 13.0 Å². The van der Waals surface area contributed by atoms with Gasteiger partial charge in [-0.15, -0.1) is 0 Å². The van der Waals surface area contributed by atoms with Crippen LogP contribution in [0.3, 0.4) is 0 Å². The molecule has 0 aromatic heterocycles. The average Bonchev–Trinajstić information content (AvgIpc) is 2.28. The number of aryl methyl sites for hydroxylation is 1. The molecule has 2 atom stereocenters. The molecule has 0 aliphatic rings. The molecular weight excluding hydrogens is 205 g/mol. The second-order valence-electron chi connectivity index (χ2n) is 3.98. The standard InChI is InChI=1S/C13H20FNO/c1-5-15-13(10(3)16-4)12-8-11(14)7-6-9(12)2/h6-8,10,13,15H,5H2,1-4H3. The number of methoxy groups -OCH3 is 1. The first kappa shape index (κ1) is 13.1. The van der Waals surface area contributed by atoms with Crippen molar-refractivity contribution in [3.05, 3.63) is 35.1 Å². The van der Waals surface area contributed by atoms with Crippen LogP contribution in [0, 0.1) is 12.7 Å². The highest BCUT2D eigenvalue weighted by Gasteiger charge is 2.20. The monoisotopic (exact) mass is 225 g/mol. The first-order chi connectivity index (χ1) is 7.60. The van der Waals surface area contributed by atoms with Crippen molar-refractivity contribution in [3.8, 4) is 0 Å². The van der Waals surface area contributed by atoms with Crippen LogP contribution in [0.15, 0.2) is 18.2 Å². The van der Waals surface area contributed by atoms with Crippen LogP contribution in [0.4, 0.5) is 4.39 Å². The first-order valence-electron chi connectivity index (χ1n) is 5.62. The van der Waals surface area contributed by atoms with Crippen molar-refractivity contribution in [2.75, 3.05) is 13.7 Å². The number of rotatable bonds is 5. The van der Waals surface area contributed by atoms with Gasteiger partial charge in [-0.05, 0) is 43.7 Å². The van der Waals surface area contributed by atoms with Crippen LogP contribution < -0.4 is 5.32 Å². The molecule has 0 saturated heterocycles. The summed E-state index contributed by atoms with van der Waals surface area (Å²) in [4.78, 5) is 0. The van der Waals surface area contributed by atoms with Gasteiger partial charge in [0.15, 0.2) is 0 Å². The Balaban J connectivity index is 3.04. The van der Waals surface area contributed by atoms with Crippen LogP contribution in [-0.2, 0) is 4.74 Å². The van der Waals surface area contributed by atoms with E-state index in [0.29, 0.717) is 0 Å². The largest absolute Gasteiger partial charge is 0.380 e. The van der Waals surface area contributed by atoms with Crippen molar-refractivity contribution in [1.82, 2.24) is 5.32 Å². The fourth-order valence-corrected chi connectivity index (χ4v) is 1.83. The summed E-state index contributed by atoms with van der Waals surface area (Å²) in [6.45, 7) is 6.83. The van der Waals surface area contributed by atoms with Gasteiger partial charge in [-0.3, -0.25) is 0 Å². The van der Waals surface area contributed by atoms with E-state index in [1.165, 1.54) is 6.07 Å². The molecule has 0 aliphatic heterocycles. The van der Waals surface area contributed by atoms with Crippen molar-refractivity contribution in [2.45, 2.75) is 32.9 Å². The molecule has 0 heterocycles. The lowest BCUT2D eigenvalue weighted by atomic mass is 9.97. The van der Waals surface area contributed by atoms with Gasteiger partial charge in [-0.25, -0.2) is 4.39 Å². The maximum absolute atomic E-state index is 13.2. The summed E-state index contributed by atoms with van der Waals surface area (Å²) >= 11 is 0. The smallest absolute Gasteiger partial charge is 0.123 e. The van der Waals surface area contributed by atoms with Crippen LogP contribution in [0.2, 0.25) is 0 Å². The summed E-state index contributed by atoms with van der Waals surface area (Å²) in [7, 11) is 1.67. The molecule has 0 bridgehead atoms. The highest BCUT2D eigenvalue weighted by molar-refractivity contribution is 5.30. The van der Waals surface area contributed by atoms with Gasteiger partial charge in [0.2, 0.25) is 0 Å². The minimum absolute atomic E-state index is 0.0143. The molecule has 0 fully saturated rings. The summed E-state index contributed by atoms with van der Waals surface area (Å²) in [5.74, 6) is -0.202. The molecule has 3 heteroatoms. The lowest BCUT2D eigenvalue weighted by Crippen LogP contribution is -2.32. The van der Waals surface area contributed by atoms with Crippen molar-refractivity contribution < 1.29 is 9.13 Å². The number of nitrogens with one attached hydrogen (secondary N) is 1. The van der Waals surface area contributed by atoms with E-state index in [1.807, 2.05) is 20.8 Å². The van der Waals surface area contributed by atoms with Gasteiger partial charge in [0.25, 0.3) is 0 Å². The summed E-state index contributed by atoms with van der Waals surface area (Å²) < 4.78 is 18.6. The van der Waals surface area contributed by atoms with E-state index in [-0.39, 0.29) is 18.0 Å². The van der Waals surface area contributed by atoms with Crippen molar-refractivity contribution in [1.29, 1.82) is 0 Å². The van der Waals surface area contributed by atoms with E-state index >= 15 is 0 Å². The number of likely N-dealkylation sites (N-methyl/N-ethyl adjacent to an activating group) is 1. The zero-order chi connectivity index (χ0) is 12.1. The van der Waals surface area contributed by atoms with E-state index in [2.05, 4.69) is 5.32 Å². The van der Waals surface area contributed by atoms with Gasteiger partial charge < -0.3 is 10.1 Å². The maximum Gasteiger partial charge on any atom is 0.123 e. The molecular formula is C13H20FNO. The fourth-order valence-electron chi connectivity index (χ4n) is 1.83. The Morgan fingerprint density at radius 3 is 2.69 bits per heavy atom. The SMILES string of the molecule is CCNC(c1cc(F)ccc1C)C(C)OC. The Kier molecular flexibility index (Phi) is 4.90. The van der Waals surface area contributed by atoms with E-state index in [0.717, 1.165) is 17.7 Å². The molecule has 0 amide bonds. The predicted molar refractivity (Wildman–Crippen MR) is 64.0 cm³/mol. The van der Waals surface area contributed by atoms with Gasteiger partial charge in [0.1, 0.15) is 5.82 Å². The molecule has 90 valence electrons. The van der Waals surface area contributed by atoms with Gasteiger partial charge in [-0.2, -0.15) is 0 Å². The highest BCUT2D eigenvalue weighted by atomic mass is 19.1. The number of hydrogen-bond acceptors (Lipinski definition) is 2. The van der Waals surface area contributed by atoms with E-state index in [4.69, 9.17) is 4.74 Å². The summed E-state index contributed by atoms with van der Waals surface area (Å²) in [6.07, 6.45) is 0.0143. The third kappa shape index (κ3) is 3.03. The maximum atomic E-state index is 13.2. The molecule has 0 spiro atoms. The number of hydrogen-bond donors (Lipinski definition) is 1. The van der Waals surface area contributed by atoms with Gasteiger partial charge >= 0.3 is 0 Å². The topological polar surface area (TPSA) is 21.3 Å². The zero-order valence-corrected chi connectivity index (χ0v) is 10.4. The molecule has 0 saturated carbocycles.